The smallest absolute Gasteiger partial charge is 0.416 e. The molecule has 51 heavy (non-hydrogen) atoms. The van der Waals surface area contributed by atoms with Gasteiger partial charge in [0.2, 0.25) is 5.88 Å². The van der Waals surface area contributed by atoms with Crippen molar-refractivity contribution >= 4 is 41.1 Å². The van der Waals surface area contributed by atoms with Crippen LogP contribution in [-0.4, -0.2) is 64.5 Å². The number of carboxylic acids is 1. The molecule has 0 radical (unpaired) electrons. The molecule has 1 fully saturated rings. The van der Waals surface area contributed by atoms with Crippen molar-refractivity contribution < 1.29 is 55.6 Å². The zero-order chi connectivity index (χ0) is 36.9. The van der Waals surface area contributed by atoms with E-state index in [0.717, 1.165) is 11.3 Å². The summed E-state index contributed by atoms with van der Waals surface area (Å²) in [7, 11) is 0. The standard InChI is InChI=1S/C35H30F6N2O6S2/c36-34(37,38)25-18-24(19-26(20-25)35(39,40)41)22-3-1-4-23(17-22)28(5-2-11-42-13-15-48-16-14-42)30-31(45)43(33(50)51-30)12-10-29(44)49-27-8-6-21(7-9-27)32(46)47/h1,3-9,17-20,45H,2,10-16H2,(H,46,47). The largest absolute Gasteiger partial charge is 0.493 e. The summed E-state index contributed by atoms with van der Waals surface area (Å²) < 4.78 is 94.1. The number of ether oxygens (including phenoxy) is 2. The molecule has 270 valence electrons. The number of alkyl halides is 6. The van der Waals surface area contributed by atoms with Crippen molar-refractivity contribution in [3.8, 4) is 22.8 Å². The molecule has 1 aliphatic rings. The first-order valence-electron chi connectivity index (χ1n) is 15.5. The molecule has 1 saturated heterocycles. The van der Waals surface area contributed by atoms with Gasteiger partial charge >= 0.3 is 24.3 Å². The van der Waals surface area contributed by atoms with Crippen LogP contribution in [0.5, 0.6) is 11.6 Å². The lowest BCUT2D eigenvalue weighted by atomic mass is 9.95. The Bertz CT molecular complexity index is 1950. The van der Waals surface area contributed by atoms with Crippen molar-refractivity contribution in [1.82, 2.24) is 9.47 Å². The minimum atomic E-state index is -5.02. The number of rotatable bonds is 11. The third-order valence-corrected chi connectivity index (χ3v) is 9.45. The molecule has 1 aromatic heterocycles. The van der Waals surface area contributed by atoms with Crippen molar-refractivity contribution in [1.29, 1.82) is 0 Å². The van der Waals surface area contributed by atoms with E-state index in [1.54, 1.807) is 6.07 Å². The van der Waals surface area contributed by atoms with Crippen LogP contribution in [0, 0.1) is 3.95 Å². The van der Waals surface area contributed by atoms with Gasteiger partial charge in [0.1, 0.15) is 5.75 Å². The Kier molecular flexibility index (Phi) is 11.7. The normalized spacial score (nSPS) is 14.4. The molecule has 3 aromatic carbocycles. The van der Waals surface area contributed by atoms with Crippen LogP contribution in [0.3, 0.4) is 0 Å². The topological polar surface area (TPSA) is 101 Å². The Balaban J connectivity index is 1.46. The van der Waals surface area contributed by atoms with Crippen LogP contribution in [0.1, 0.15) is 44.8 Å². The summed E-state index contributed by atoms with van der Waals surface area (Å²) in [4.78, 5) is 26.1. The molecule has 0 unspecified atom stereocenters. The van der Waals surface area contributed by atoms with Gasteiger partial charge in [0.25, 0.3) is 0 Å². The van der Waals surface area contributed by atoms with E-state index in [2.05, 4.69) is 4.90 Å². The fourth-order valence-corrected chi connectivity index (χ4v) is 6.77. The summed E-state index contributed by atoms with van der Waals surface area (Å²) in [6.07, 6.45) is -7.97. The Labute approximate surface area is 296 Å². The van der Waals surface area contributed by atoms with E-state index in [-0.39, 0.29) is 56.2 Å². The van der Waals surface area contributed by atoms with Gasteiger partial charge in [-0.05, 0) is 83.9 Å². The minimum absolute atomic E-state index is 0.0112. The van der Waals surface area contributed by atoms with Gasteiger partial charge in [0.15, 0.2) is 3.95 Å². The molecule has 4 aromatic rings. The van der Waals surface area contributed by atoms with Gasteiger partial charge in [0.05, 0.1) is 41.2 Å². The first-order chi connectivity index (χ1) is 24.1. The lowest BCUT2D eigenvalue weighted by Gasteiger charge is -2.26. The average Bonchev–Trinajstić information content (AvgIpc) is 3.37. The van der Waals surface area contributed by atoms with Gasteiger partial charge in [-0.25, -0.2) is 4.79 Å². The number of carbonyl (C=O) groups is 2. The van der Waals surface area contributed by atoms with Crippen molar-refractivity contribution in [2.24, 2.45) is 0 Å². The number of nitrogens with zero attached hydrogens (tertiary/aromatic N) is 2. The van der Waals surface area contributed by atoms with Crippen LogP contribution in [0.4, 0.5) is 26.3 Å². The third kappa shape index (κ3) is 9.64. The van der Waals surface area contributed by atoms with Gasteiger partial charge in [-0.3, -0.25) is 14.3 Å². The number of carboxylic acid groups (broad SMARTS) is 1. The van der Waals surface area contributed by atoms with E-state index in [0.29, 0.717) is 62.5 Å². The molecular formula is C35H30F6N2O6S2. The molecule has 1 aliphatic heterocycles. The summed E-state index contributed by atoms with van der Waals surface area (Å²) in [5.74, 6) is -1.98. The van der Waals surface area contributed by atoms with Crippen molar-refractivity contribution in [2.75, 3.05) is 32.8 Å². The number of morpholine rings is 1. The SMILES string of the molecule is O=C(CCn1c(O)c(C(=CCCN2CCOCC2)c2cccc(-c3cc(C(F)(F)F)cc(C(F)(F)F)c3)c2)sc1=S)Oc1ccc(C(=O)O)cc1. The lowest BCUT2D eigenvalue weighted by molar-refractivity contribution is -0.143. The number of esters is 1. The van der Waals surface area contributed by atoms with Crippen molar-refractivity contribution in [2.45, 2.75) is 31.7 Å². The summed E-state index contributed by atoms with van der Waals surface area (Å²) in [5, 5.41) is 20.4. The molecule has 8 nitrogen and oxygen atoms in total. The third-order valence-electron chi connectivity index (χ3n) is 7.98. The lowest BCUT2D eigenvalue weighted by Crippen LogP contribution is -2.36. The second kappa shape index (κ2) is 15.8. The van der Waals surface area contributed by atoms with Gasteiger partial charge in [-0.15, -0.1) is 11.3 Å². The van der Waals surface area contributed by atoms with E-state index < -0.39 is 35.4 Å². The van der Waals surface area contributed by atoms with Crippen LogP contribution < -0.4 is 4.74 Å². The maximum atomic E-state index is 13.6. The monoisotopic (exact) mass is 752 g/mol. The highest BCUT2D eigenvalue weighted by molar-refractivity contribution is 7.73. The Hall–Kier alpha value is -4.51. The van der Waals surface area contributed by atoms with Gasteiger partial charge in [0, 0.05) is 31.8 Å². The second-order valence-corrected chi connectivity index (χ2v) is 13.1. The van der Waals surface area contributed by atoms with Crippen LogP contribution >= 0.6 is 23.6 Å². The molecule has 0 saturated carbocycles. The van der Waals surface area contributed by atoms with Crippen molar-refractivity contribution in [3.05, 3.63) is 104 Å². The highest BCUT2D eigenvalue weighted by Gasteiger charge is 2.37. The number of halogens is 6. The Morgan fingerprint density at radius 2 is 1.53 bits per heavy atom. The fraction of sp³-hybridized carbons (Fsp3) is 0.286. The van der Waals surface area contributed by atoms with Gasteiger partial charge in [-0.1, -0.05) is 24.3 Å². The number of hydrogen-bond donors (Lipinski definition) is 2. The highest BCUT2D eigenvalue weighted by atomic mass is 32.1. The first kappa shape index (κ1) is 37.7. The quantitative estimate of drug-likeness (QED) is 0.0681. The van der Waals surface area contributed by atoms with E-state index in [1.807, 2.05) is 6.08 Å². The van der Waals surface area contributed by atoms with E-state index >= 15 is 0 Å². The summed E-state index contributed by atoms with van der Waals surface area (Å²) in [5.41, 5.74) is -2.23. The number of hydrogen-bond acceptors (Lipinski definition) is 8. The summed E-state index contributed by atoms with van der Waals surface area (Å²) in [6.45, 7) is 3.07. The number of aromatic nitrogens is 1. The molecular weight excluding hydrogens is 723 g/mol. The summed E-state index contributed by atoms with van der Waals surface area (Å²) in [6, 6.07) is 12.6. The van der Waals surface area contributed by atoms with E-state index in [1.165, 1.54) is 47.0 Å². The number of carbonyl (C=O) groups excluding carboxylic acids is 1. The molecule has 0 spiro atoms. The second-order valence-electron chi connectivity index (χ2n) is 11.5. The van der Waals surface area contributed by atoms with Gasteiger partial charge in [-0.2, -0.15) is 26.3 Å². The highest BCUT2D eigenvalue weighted by Crippen LogP contribution is 2.41. The molecule has 2 N–H and O–H groups in total. The average molecular weight is 753 g/mol. The van der Waals surface area contributed by atoms with Crippen molar-refractivity contribution in [3.63, 3.8) is 0 Å². The molecule has 0 amide bonds. The number of thiazole rings is 1. The predicted molar refractivity (Wildman–Crippen MR) is 179 cm³/mol. The molecule has 0 atom stereocenters. The summed E-state index contributed by atoms with van der Waals surface area (Å²) >= 11 is 6.54. The van der Waals surface area contributed by atoms with E-state index in [4.69, 9.17) is 26.8 Å². The van der Waals surface area contributed by atoms with Gasteiger partial charge < -0.3 is 19.7 Å². The maximum Gasteiger partial charge on any atom is 0.416 e. The number of aromatic hydroxyl groups is 1. The molecule has 2 heterocycles. The Morgan fingerprint density at radius 1 is 0.882 bits per heavy atom. The van der Waals surface area contributed by atoms with Crippen LogP contribution in [0.15, 0.2) is 72.8 Å². The van der Waals surface area contributed by atoms with Crippen LogP contribution in [-0.2, 0) is 28.4 Å². The number of aromatic carboxylic acids is 1. The zero-order valence-corrected chi connectivity index (χ0v) is 28.2. The minimum Gasteiger partial charge on any atom is -0.493 e. The molecule has 0 bridgehead atoms. The Morgan fingerprint density at radius 3 is 2.14 bits per heavy atom. The molecule has 5 rings (SSSR count). The van der Waals surface area contributed by atoms with E-state index in [9.17, 15) is 41.0 Å². The maximum absolute atomic E-state index is 13.6. The first-order valence-corrected chi connectivity index (χ1v) is 16.7. The zero-order valence-electron chi connectivity index (χ0n) is 26.6. The number of benzene rings is 3. The van der Waals surface area contributed by atoms with Crippen LogP contribution in [0.25, 0.3) is 16.7 Å². The molecule has 16 heteroatoms. The predicted octanol–water partition coefficient (Wildman–Crippen LogP) is 8.54. The fourth-order valence-electron chi connectivity index (χ4n) is 5.37. The molecule has 0 aliphatic carbocycles. The van der Waals surface area contributed by atoms with Crippen LogP contribution in [0.2, 0.25) is 0 Å².